The second-order valence-electron chi connectivity index (χ2n) is 16.5. The Balaban J connectivity index is 0.000000448. The molecule has 12 nitrogen and oxygen atoms in total. The molecule has 3 atom stereocenters. The molecule has 3 heterocycles. The number of hydrogen-bond donors (Lipinski definition) is 3. The lowest BCUT2D eigenvalue weighted by Crippen LogP contribution is -2.34. The minimum Gasteiger partial charge on any atom is -0.493 e. The van der Waals surface area contributed by atoms with Crippen molar-refractivity contribution >= 4 is 45.8 Å². The third-order valence-corrected chi connectivity index (χ3v) is 12.2. The SMILES string of the molecule is COc1cc2c(cc1OC)N(CCCCc1cn(CCCCC3=C[C@H]4Cc5nc6cc(Cl)ccc6c(N)c5[C@H](C3)C4)nn1)C(c1ccccc1)CC2.O=C(O)C(F)(F)F.O=C(O)C(F)(F)F. The van der Waals surface area contributed by atoms with Crippen LogP contribution in [0.4, 0.5) is 37.7 Å². The molecule has 5 aromatic rings. The predicted octanol–water partition coefficient (Wildman–Crippen LogP) is 10.7. The fourth-order valence-electron chi connectivity index (χ4n) is 9.04. The third-order valence-electron chi connectivity index (χ3n) is 12.0. The number of carbonyl (C=O) groups is 2. The molecule has 3 aromatic carbocycles. The van der Waals surface area contributed by atoms with Crippen molar-refractivity contribution in [3.63, 3.8) is 0 Å². The zero-order valence-electron chi connectivity index (χ0n) is 36.3. The number of halogens is 7. The Bertz CT molecular complexity index is 2490. The maximum absolute atomic E-state index is 10.6. The summed E-state index contributed by atoms with van der Waals surface area (Å²) in [4.78, 5) is 25.4. The van der Waals surface area contributed by atoms with E-state index in [9.17, 15) is 26.3 Å². The highest BCUT2D eigenvalue weighted by molar-refractivity contribution is 6.31. The van der Waals surface area contributed by atoms with E-state index in [0.29, 0.717) is 22.9 Å². The molecule has 19 heteroatoms. The van der Waals surface area contributed by atoms with Crippen LogP contribution in [0.3, 0.4) is 0 Å². The van der Waals surface area contributed by atoms with Gasteiger partial charge in [-0.05, 0) is 118 Å². The first-order valence-electron chi connectivity index (χ1n) is 21.5. The lowest BCUT2D eigenvalue weighted by molar-refractivity contribution is -0.193. The van der Waals surface area contributed by atoms with Crippen LogP contribution in [0.1, 0.15) is 91.4 Å². The number of aromatic nitrogens is 4. The number of methoxy groups -OCH3 is 2. The minimum atomic E-state index is -5.08. The fourth-order valence-corrected chi connectivity index (χ4v) is 9.21. The molecule has 0 amide bonds. The zero-order valence-corrected chi connectivity index (χ0v) is 37.1. The highest BCUT2D eigenvalue weighted by Crippen LogP contribution is 2.48. The molecule has 66 heavy (non-hydrogen) atoms. The molecule has 0 saturated heterocycles. The van der Waals surface area contributed by atoms with Gasteiger partial charge < -0.3 is 30.3 Å². The largest absolute Gasteiger partial charge is 0.493 e. The van der Waals surface area contributed by atoms with Crippen LogP contribution in [0, 0.1) is 5.92 Å². The maximum Gasteiger partial charge on any atom is 0.490 e. The number of hydrogen-bond acceptors (Lipinski definition) is 9. The second-order valence-corrected chi connectivity index (χ2v) is 16.9. The van der Waals surface area contributed by atoms with Crippen LogP contribution in [0.15, 0.2) is 78.5 Å². The van der Waals surface area contributed by atoms with Crippen LogP contribution in [-0.4, -0.2) is 75.2 Å². The van der Waals surface area contributed by atoms with Gasteiger partial charge in [0, 0.05) is 58.4 Å². The fraction of sp³-hybridized carbons (Fsp3) is 0.426. The van der Waals surface area contributed by atoms with Gasteiger partial charge in [0.15, 0.2) is 11.5 Å². The zero-order chi connectivity index (χ0) is 47.8. The number of anilines is 2. The molecule has 2 aromatic heterocycles. The van der Waals surface area contributed by atoms with Crippen LogP contribution >= 0.6 is 11.6 Å². The van der Waals surface area contributed by atoms with Crippen LogP contribution in [0.5, 0.6) is 11.5 Å². The molecule has 2 aliphatic carbocycles. The summed E-state index contributed by atoms with van der Waals surface area (Å²) in [6, 6.07) is 21.4. The Morgan fingerprint density at radius 1 is 0.864 bits per heavy atom. The predicted molar refractivity (Wildman–Crippen MR) is 237 cm³/mol. The van der Waals surface area contributed by atoms with Gasteiger partial charge in [0.05, 0.1) is 31.5 Å². The van der Waals surface area contributed by atoms with E-state index in [1.54, 1.807) is 19.8 Å². The van der Waals surface area contributed by atoms with Crippen molar-refractivity contribution in [1.29, 1.82) is 0 Å². The van der Waals surface area contributed by atoms with E-state index in [1.165, 1.54) is 34.5 Å². The van der Waals surface area contributed by atoms with Gasteiger partial charge in [-0.2, -0.15) is 26.3 Å². The van der Waals surface area contributed by atoms with Crippen LogP contribution < -0.4 is 20.1 Å². The number of pyridine rings is 1. The van der Waals surface area contributed by atoms with Gasteiger partial charge in [0.1, 0.15) is 0 Å². The number of nitrogens with zero attached hydrogens (tertiary/aromatic N) is 5. The first-order chi connectivity index (χ1) is 31.4. The number of nitrogens with two attached hydrogens (primary N) is 1. The van der Waals surface area contributed by atoms with Crippen molar-refractivity contribution in [1.82, 2.24) is 20.0 Å². The lowest BCUT2D eigenvalue weighted by atomic mass is 9.70. The van der Waals surface area contributed by atoms with E-state index in [0.717, 1.165) is 111 Å². The van der Waals surface area contributed by atoms with Crippen molar-refractivity contribution in [2.24, 2.45) is 5.92 Å². The highest BCUT2D eigenvalue weighted by atomic mass is 35.5. The van der Waals surface area contributed by atoms with Crippen LogP contribution in [0.2, 0.25) is 5.02 Å². The van der Waals surface area contributed by atoms with Gasteiger partial charge >= 0.3 is 24.3 Å². The summed E-state index contributed by atoms with van der Waals surface area (Å²) in [6.07, 6.45) is 6.24. The van der Waals surface area contributed by atoms with Crippen LogP contribution in [-0.2, 0) is 35.4 Å². The second kappa shape index (κ2) is 21.5. The van der Waals surface area contributed by atoms with E-state index in [-0.39, 0.29) is 0 Å². The van der Waals surface area contributed by atoms with Gasteiger partial charge in [-0.15, -0.1) is 5.10 Å². The number of allylic oxidation sites excluding steroid dienone is 2. The number of aryl methyl sites for hydroxylation is 3. The average Bonchev–Trinajstić information content (AvgIpc) is 3.73. The van der Waals surface area contributed by atoms with E-state index in [1.807, 2.05) is 22.9 Å². The van der Waals surface area contributed by atoms with Crippen molar-refractivity contribution < 1.29 is 55.6 Å². The van der Waals surface area contributed by atoms with Crippen molar-refractivity contribution in [3.8, 4) is 11.5 Å². The van der Waals surface area contributed by atoms with Gasteiger partial charge in [0.2, 0.25) is 0 Å². The molecule has 8 rings (SSSR count). The summed E-state index contributed by atoms with van der Waals surface area (Å²) in [5.41, 5.74) is 17.6. The average molecular weight is 945 g/mol. The van der Waals surface area contributed by atoms with Crippen LogP contribution in [0.25, 0.3) is 10.9 Å². The number of aliphatic carboxylic acids is 2. The molecule has 0 spiro atoms. The molecule has 3 aliphatic rings. The van der Waals surface area contributed by atoms with Gasteiger partial charge in [-0.25, -0.2) is 9.59 Å². The quantitative estimate of drug-likeness (QED) is 0.0584. The highest BCUT2D eigenvalue weighted by Gasteiger charge is 2.39. The molecule has 4 N–H and O–H groups in total. The topological polar surface area (TPSA) is 166 Å². The Morgan fingerprint density at radius 2 is 1.52 bits per heavy atom. The normalized spacial score (nSPS) is 17.6. The van der Waals surface area contributed by atoms with E-state index < -0.39 is 24.3 Å². The summed E-state index contributed by atoms with van der Waals surface area (Å²) in [7, 11) is 3.42. The molecule has 1 aliphatic heterocycles. The summed E-state index contributed by atoms with van der Waals surface area (Å²) in [5.74, 6) is -2.93. The number of alkyl halides is 6. The summed E-state index contributed by atoms with van der Waals surface area (Å²) >= 11 is 6.26. The molecule has 1 unspecified atom stereocenters. The monoisotopic (exact) mass is 944 g/mol. The summed E-state index contributed by atoms with van der Waals surface area (Å²) in [6.45, 7) is 1.86. The Hall–Kier alpha value is -6.04. The molecular weight excluding hydrogens is 894 g/mol. The van der Waals surface area contributed by atoms with Gasteiger partial charge in [-0.3, -0.25) is 9.67 Å². The minimum absolute atomic E-state index is 0.336. The Morgan fingerprint density at radius 3 is 2.18 bits per heavy atom. The van der Waals surface area contributed by atoms with Crippen molar-refractivity contribution in [3.05, 3.63) is 112 Å². The lowest BCUT2D eigenvalue weighted by Gasteiger charge is -2.40. The van der Waals surface area contributed by atoms with Crippen molar-refractivity contribution in [2.75, 3.05) is 31.4 Å². The molecule has 0 fully saturated rings. The molecular formula is C47H51ClF6N6O6. The Labute approximate surface area is 382 Å². The Kier molecular flexibility index (Phi) is 16.1. The van der Waals surface area contributed by atoms with E-state index >= 15 is 0 Å². The summed E-state index contributed by atoms with van der Waals surface area (Å²) < 4.78 is 76.8. The first-order valence-corrected chi connectivity index (χ1v) is 21.9. The number of carboxylic acids is 2. The third kappa shape index (κ3) is 12.4. The summed E-state index contributed by atoms with van der Waals surface area (Å²) in [5, 5.41) is 25.0. The number of unbranched alkanes of at least 4 members (excludes halogenated alkanes) is 2. The maximum atomic E-state index is 10.6. The molecule has 0 radical (unpaired) electrons. The number of rotatable bonds is 13. The van der Waals surface area contributed by atoms with E-state index in [4.69, 9.17) is 51.6 Å². The number of fused-ring (bicyclic) bond motifs is 6. The van der Waals surface area contributed by atoms with Gasteiger partial charge in [-0.1, -0.05) is 58.8 Å². The van der Waals surface area contributed by atoms with Gasteiger partial charge in [0.25, 0.3) is 0 Å². The standard InChI is InChI=1S/C43H49ClN6O2.2C2HF3O2/c1-51-40-24-31-14-17-38(30-11-4-3-5-12-30)50(39(31)26-41(40)52-2)19-9-7-13-34-27-49(48-47-34)18-8-6-10-28-20-29-22-32(21-28)42-37(23-29)46-36-25-33(44)15-16-35(36)43(42)45;2*3-2(4,5)1(6)7/h3-5,11-12,15-16,20,24-27,29,32,38H,6-10,13-14,17-19,21-23H2,1-2H3,(H2,45,46);2*(H,6,7)/t29-,32-,38?;;/m1../s1. The number of nitrogen functional groups attached to an aromatic ring is 1. The van der Waals surface area contributed by atoms with Crippen molar-refractivity contribution in [2.45, 2.75) is 101 Å². The first kappa shape index (κ1) is 49.4. The smallest absolute Gasteiger partial charge is 0.490 e. The number of carboxylic acid groups (broad SMARTS) is 2. The molecule has 2 bridgehead atoms. The number of ether oxygens (including phenoxy) is 2. The molecule has 0 saturated carbocycles. The number of benzene rings is 3. The van der Waals surface area contributed by atoms with E-state index in [2.05, 4.69) is 69.9 Å². The molecule has 354 valence electrons.